The minimum atomic E-state index is -2.88. The fourth-order valence-corrected chi connectivity index (χ4v) is 2.02. The highest BCUT2D eigenvalue weighted by atomic mass is 19.3. The van der Waals surface area contributed by atoms with Gasteiger partial charge in [0.2, 0.25) is 0 Å². The third-order valence-electron chi connectivity index (χ3n) is 2.77. The second-order valence-electron chi connectivity index (χ2n) is 4.04. The van der Waals surface area contributed by atoms with Gasteiger partial charge in [0.1, 0.15) is 11.6 Å². The highest BCUT2D eigenvalue weighted by molar-refractivity contribution is 5.74. The van der Waals surface area contributed by atoms with Crippen LogP contribution < -0.4 is 0 Å². The smallest absolute Gasteiger partial charge is 0.207 e. The van der Waals surface area contributed by atoms with Crippen LogP contribution in [0.1, 0.15) is 18.4 Å². The Hall–Kier alpha value is -1.58. The Morgan fingerprint density at radius 2 is 1.88 bits per heavy atom. The molecule has 90 valence electrons. The first-order valence-corrected chi connectivity index (χ1v) is 5.11. The molecule has 0 atom stereocenters. The maximum atomic E-state index is 13.5. The molecule has 0 unspecified atom stereocenters. The highest BCUT2D eigenvalue weighted by Gasteiger charge is 2.39. The maximum absolute atomic E-state index is 13.5. The number of benzene rings is 1. The van der Waals surface area contributed by atoms with Crippen LogP contribution >= 0.6 is 0 Å². The number of hydrogen-bond donors (Lipinski definition) is 0. The maximum Gasteiger partial charge on any atom is 0.256 e. The Morgan fingerprint density at radius 3 is 2.47 bits per heavy atom. The molecule has 0 radical (unpaired) electrons. The van der Waals surface area contributed by atoms with Gasteiger partial charge in [0.05, 0.1) is 0 Å². The first-order valence-electron chi connectivity index (χ1n) is 5.11. The first-order chi connectivity index (χ1) is 7.93. The number of rotatable bonds is 2. The lowest BCUT2D eigenvalue weighted by Crippen LogP contribution is -2.10. The van der Waals surface area contributed by atoms with Crippen molar-refractivity contribution in [2.45, 2.75) is 18.8 Å². The second kappa shape index (κ2) is 4.02. The summed E-state index contributed by atoms with van der Waals surface area (Å²) in [6, 6.07) is 2.94. The third-order valence-corrected chi connectivity index (χ3v) is 2.77. The number of allylic oxidation sites excluding steroid dienone is 3. The Bertz CT molecular complexity index is 500. The Kier molecular flexibility index (Phi) is 2.81. The van der Waals surface area contributed by atoms with E-state index in [9.17, 15) is 17.6 Å². The van der Waals surface area contributed by atoms with Crippen molar-refractivity contribution in [3.05, 3.63) is 53.6 Å². The fourth-order valence-electron chi connectivity index (χ4n) is 2.02. The molecule has 0 amide bonds. The molecule has 0 saturated heterocycles. The predicted molar refractivity (Wildman–Crippen MR) is 57.7 cm³/mol. The van der Waals surface area contributed by atoms with Crippen molar-refractivity contribution in [1.82, 2.24) is 0 Å². The van der Waals surface area contributed by atoms with Crippen molar-refractivity contribution < 1.29 is 17.6 Å². The van der Waals surface area contributed by atoms with Crippen LogP contribution in [-0.2, 0) is 0 Å². The average molecular weight is 242 g/mol. The van der Waals surface area contributed by atoms with Crippen LogP contribution in [0.4, 0.5) is 17.6 Å². The van der Waals surface area contributed by atoms with E-state index in [2.05, 4.69) is 6.58 Å². The molecule has 0 heterocycles. The molecule has 0 nitrogen and oxygen atoms in total. The van der Waals surface area contributed by atoms with E-state index >= 15 is 0 Å². The lowest BCUT2D eigenvalue weighted by molar-refractivity contribution is 0.0159. The zero-order chi connectivity index (χ0) is 12.6. The van der Waals surface area contributed by atoms with Gasteiger partial charge in [-0.05, 0) is 23.3 Å². The van der Waals surface area contributed by atoms with E-state index < -0.39 is 30.4 Å². The number of hydrogen-bond acceptors (Lipinski definition) is 0. The SMILES string of the molecule is C=CC1=C(c2ccc(F)cc2F)CC(F)(F)C1. The van der Waals surface area contributed by atoms with Crippen LogP contribution in [0.3, 0.4) is 0 Å². The summed E-state index contributed by atoms with van der Waals surface area (Å²) in [6.45, 7) is 3.44. The van der Waals surface area contributed by atoms with Gasteiger partial charge in [-0.1, -0.05) is 12.7 Å². The van der Waals surface area contributed by atoms with Gasteiger partial charge in [0.25, 0.3) is 5.92 Å². The molecule has 0 aromatic heterocycles. The summed E-state index contributed by atoms with van der Waals surface area (Å²) in [4.78, 5) is 0. The topological polar surface area (TPSA) is 0 Å². The molecular formula is C13H10F4. The summed E-state index contributed by atoms with van der Waals surface area (Å²) in [5.74, 6) is -4.42. The minimum Gasteiger partial charge on any atom is -0.207 e. The zero-order valence-corrected chi connectivity index (χ0v) is 8.94. The molecule has 0 fully saturated rings. The monoisotopic (exact) mass is 242 g/mol. The molecule has 1 aliphatic carbocycles. The molecule has 1 aliphatic rings. The Morgan fingerprint density at radius 1 is 1.18 bits per heavy atom. The lowest BCUT2D eigenvalue weighted by Gasteiger charge is -2.08. The second-order valence-corrected chi connectivity index (χ2v) is 4.04. The van der Waals surface area contributed by atoms with E-state index in [1.165, 1.54) is 12.1 Å². The van der Waals surface area contributed by atoms with Gasteiger partial charge in [-0.2, -0.15) is 0 Å². The van der Waals surface area contributed by atoms with Crippen LogP contribution in [0, 0.1) is 11.6 Å². The summed E-state index contributed by atoms with van der Waals surface area (Å²) in [5, 5.41) is 0. The summed E-state index contributed by atoms with van der Waals surface area (Å²) in [5.41, 5.74) is 0.557. The molecular weight excluding hydrogens is 232 g/mol. The van der Waals surface area contributed by atoms with E-state index in [0.717, 1.165) is 6.07 Å². The Balaban J connectivity index is 2.49. The minimum absolute atomic E-state index is 0.0264. The van der Waals surface area contributed by atoms with Crippen LogP contribution in [0.5, 0.6) is 0 Å². The van der Waals surface area contributed by atoms with Crippen LogP contribution in [0.2, 0.25) is 0 Å². The molecule has 1 aromatic carbocycles. The third kappa shape index (κ3) is 2.25. The number of halogens is 4. The number of alkyl halides is 2. The largest absolute Gasteiger partial charge is 0.256 e. The summed E-state index contributed by atoms with van der Waals surface area (Å²) < 4.78 is 52.7. The summed E-state index contributed by atoms with van der Waals surface area (Å²) >= 11 is 0. The molecule has 0 aliphatic heterocycles. The van der Waals surface area contributed by atoms with Crippen molar-refractivity contribution in [1.29, 1.82) is 0 Å². The first kappa shape index (κ1) is 11.9. The van der Waals surface area contributed by atoms with Gasteiger partial charge in [-0.15, -0.1) is 0 Å². The van der Waals surface area contributed by atoms with Crippen LogP contribution in [0.25, 0.3) is 5.57 Å². The Labute approximate surface area is 96.3 Å². The van der Waals surface area contributed by atoms with Crippen LogP contribution in [0.15, 0.2) is 36.4 Å². The molecule has 1 aromatic rings. The highest BCUT2D eigenvalue weighted by Crippen LogP contribution is 2.44. The molecule has 4 heteroatoms. The van der Waals surface area contributed by atoms with E-state index in [-0.39, 0.29) is 11.1 Å². The van der Waals surface area contributed by atoms with Crippen molar-refractivity contribution in [3.8, 4) is 0 Å². The molecule has 17 heavy (non-hydrogen) atoms. The van der Waals surface area contributed by atoms with E-state index in [4.69, 9.17) is 0 Å². The quantitative estimate of drug-likeness (QED) is 0.677. The van der Waals surface area contributed by atoms with Gasteiger partial charge in [-0.3, -0.25) is 0 Å². The fraction of sp³-hybridized carbons (Fsp3) is 0.231. The average Bonchev–Trinajstić information content (AvgIpc) is 2.53. The molecule has 0 N–H and O–H groups in total. The van der Waals surface area contributed by atoms with Crippen molar-refractivity contribution in [2.75, 3.05) is 0 Å². The lowest BCUT2D eigenvalue weighted by atomic mass is 10.0. The summed E-state index contributed by atoms with van der Waals surface area (Å²) in [6.07, 6.45) is 0.332. The van der Waals surface area contributed by atoms with Crippen molar-refractivity contribution >= 4 is 5.57 Å². The van der Waals surface area contributed by atoms with Crippen molar-refractivity contribution in [2.24, 2.45) is 0 Å². The van der Waals surface area contributed by atoms with Crippen molar-refractivity contribution in [3.63, 3.8) is 0 Å². The molecule has 2 rings (SSSR count). The molecule has 0 saturated carbocycles. The van der Waals surface area contributed by atoms with E-state index in [1.54, 1.807) is 0 Å². The molecule has 0 spiro atoms. The van der Waals surface area contributed by atoms with Crippen LogP contribution in [-0.4, -0.2) is 5.92 Å². The van der Waals surface area contributed by atoms with Gasteiger partial charge < -0.3 is 0 Å². The van der Waals surface area contributed by atoms with Gasteiger partial charge >= 0.3 is 0 Å². The molecule has 0 bridgehead atoms. The van der Waals surface area contributed by atoms with Gasteiger partial charge in [0.15, 0.2) is 0 Å². The standard InChI is InChI=1S/C13H10F4/c1-2-8-6-13(16,17)7-11(8)10-4-3-9(14)5-12(10)15/h2-5H,1,6-7H2. The normalized spacial score (nSPS) is 18.6. The summed E-state index contributed by atoms with van der Waals surface area (Å²) in [7, 11) is 0. The van der Waals surface area contributed by atoms with E-state index in [0.29, 0.717) is 11.6 Å². The van der Waals surface area contributed by atoms with E-state index in [1.807, 2.05) is 0 Å². The zero-order valence-electron chi connectivity index (χ0n) is 8.94. The van der Waals surface area contributed by atoms with Gasteiger partial charge in [0, 0.05) is 24.5 Å². The predicted octanol–water partition coefficient (Wildman–Crippen LogP) is 4.33. The van der Waals surface area contributed by atoms with Gasteiger partial charge in [-0.25, -0.2) is 17.6 Å².